The zero-order chi connectivity index (χ0) is 21.5. The SMILES string of the molecule is Oc1ccc2c3c(sc2c1)-c1ccccc1C3c1ccc(OCCN2CCCCC2)cc1. The molecule has 2 heterocycles. The molecule has 1 fully saturated rings. The van der Waals surface area contributed by atoms with Crippen molar-refractivity contribution in [1.29, 1.82) is 0 Å². The van der Waals surface area contributed by atoms with E-state index in [1.165, 1.54) is 64.9 Å². The predicted molar refractivity (Wildman–Crippen MR) is 132 cm³/mol. The average Bonchev–Trinajstić information content (AvgIpc) is 3.34. The first-order valence-corrected chi connectivity index (χ1v) is 12.4. The molecule has 1 aliphatic carbocycles. The third-order valence-corrected chi connectivity index (χ3v) is 8.06. The molecule has 32 heavy (non-hydrogen) atoms. The number of likely N-dealkylation sites (tertiary alicyclic amines) is 1. The van der Waals surface area contributed by atoms with Crippen molar-refractivity contribution < 1.29 is 9.84 Å². The van der Waals surface area contributed by atoms with Crippen molar-refractivity contribution in [3.8, 4) is 21.9 Å². The second kappa shape index (κ2) is 8.27. The summed E-state index contributed by atoms with van der Waals surface area (Å²) in [6, 6.07) is 23.2. The number of ether oxygens (including phenoxy) is 1. The van der Waals surface area contributed by atoms with Crippen LogP contribution >= 0.6 is 11.3 Å². The average molecular weight is 442 g/mol. The normalized spacial score (nSPS) is 17.9. The van der Waals surface area contributed by atoms with Crippen LogP contribution in [-0.2, 0) is 0 Å². The topological polar surface area (TPSA) is 32.7 Å². The molecule has 1 N–H and O–H groups in total. The van der Waals surface area contributed by atoms with Crippen LogP contribution in [0.1, 0.15) is 41.9 Å². The third kappa shape index (κ3) is 3.48. The Morgan fingerprint density at radius 3 is 2.59 bits per heavy atom. The van der Waals surface area contributed by atoms with Gasteiger partial charge in [-0.05, 0) is 83.9 Å². The predicted octanol–water partition coefficient (Wildman–Crippen LogP) is 6.63. The Balaban J connectivity index is 1.28. The lowest BCUT2D eigenvalue weighted by molar-refractivity contribution is 0.183. The van der Waals surface area contributed by atoms with E-state index in [1.54, 1.807) is 17.4 Å². The van der Waals surface area contributed by atoms with Crippen LogP contribution in [0.2, 0.25) is 0 Å². The monoisotopic (exact) mass is 441 g/mol. The maximum Gasteiger partial charge on any atom is 0.119 e. The van der Waals surface area contributed by atoms with Gasteiger partial charge in [0.25, 0.3) is 0 Å². The fraction of sp³-hybridized carbons (Fsp3) is 0.286. The van der Waals surface area contributed by atoms with Gasteiger partial charge in [-0.15, -0.1) is 11.3 Å². The quantitative estimate of drug-likeness (QED) is 0.332. The summed E-state index contributed by atoms with van der Waals surface area (Å²) in [6.07, 6.45) is 4.00. The highest BCUT2D eigenvalue weighted by atomic mass is 32.1. The number of benzene rings is 3. The van der Waals surface area contributed by atoms with Gasteiger partial charge in [-0.2, -0.15) is 0 Å². The van der Waals surface area contributed by atoms with Gasteiger partial charge in [-0.3, -0.25) is 4.90 Å². The standard InChI is InChI=1S/C28H27NO2S/c30-20-10-13-24-25(18-20)32-28-23-7-3-2-6-22(23)26(27(24)28)19-8-11-21(12-9-19)31-17-16-29-14-4-1-5-15-29/h2-3,6-13,18,26,30H,1,4-5,14-17H2. The van der Waals surface area contributed by atoms with E-state index >= 15 is 0 Å². The summed E-state index contributed by atoms with van der Waals surface area (Å²) in [5.74, 6) is 1.48. The molecule has 1 aromatic heterocycles. The van der Waals surface area contributed by atoms with Crippen molar-refractivity contribution >= 4 is 21.4 Å². The van der Waals surface area contributed by atoms with E-state index in [0.717, 1.165) is 23.6 Å². The number of hydrogen-bond acceptors (Lipinski definition) is 4. The maximum absolute atomic E-state index is 9.97. The van der Waals surface area contributed by atoms with Crippen LogP contribution in [-0.4, -0.2) is 36.2 Å². The Kier molecular flexibility index (Phi) is 5.12. The third-order valence-electron chi connectivity index (χ3n) is 6.86. The Morgan fingerprint density at radius 2 is 1.75 bits per heavy atom. The van der Waals surface area contributed by atoms with Gasteiger partial charge in [0.05, 0.1) is 0 Å². The molecule has 162 valence electrons. The molecule has 0 spiro atoms. The Labute approximate surface area is 192 Å². The van der Waals surface area contributed by atoms with Crippen molar-refractivity contribution in [3.05, 3.63) is 83.4 Å². The van der Waals surface area contributed by atoms with Crippen LogP contribution in [0, 0.1) is 0 Å². The number of aromatic hydroxyl groups is 1. The van der Waals surface area contributed by atoms with E-state index in [-0.39, 0.29) is 5.92 Å². The molecule has 1 aliphatic heterocycles. The molecule has 1 unspecified atom stereocenters. The number of fused-ring (bicyclic) bond motifs is 5. The lowest BCUT2D eigenvalue weighted by Gasteiger charge is -2.26. The first-order chi connectivity index (χ1) is 15.8. The largest absolute Gasteiger partial charge is 0.508 e. The molecule has 3 aromatic carbocycles. The van der Waals surface area contributed by atoms with Gasteiger partial charge < -0.3 is 9.84 Å². The minimum Gasteiger partial charge on any atom is -0.508 e. The van der Waals surface area contributed by atoms with Crippen molar-refractivity contribution in [1.82, 2.24) is 4.90 Å². The molecule has 1 atom stereocenters. The molecule has 0 amide bonds. The highest BCUT2D eigenvalue weighted by Gasteiger charge is 2.33. The molecular weight excluding hydrogens is 414 g/mol. The van der Waals surface area contributed by atoms with Crippen molar-refractivity contribution in [2.24, 2.45) is 0 Å². The summed E-state index contributed by atoms with van der Waals surface area (Å²) in [7, 11) is 0. The zero-order valence-corrected chi connectivity index (χ0v) is 18.9. The second-order valence-corrected chi connectivity index (χ2v) is 9.92. The van der Waals surface area contributed by atoms with E-state index < -0.39 is 0 Å². The molecule has 3 nitrogen and oxygen atoms in total. The van der Waals surface area contributed by atoms with E-state index in [0.29, 0.717) is 5.75 Å². The van der Waals surface area contributed by atoms with Gasteiger partial charge in [-0.1, -0.05) is 42.8 Å². The van der Waals surface area contributed by atoms with E-state index in [9.17, 15) is 5.11 Å². The fourth-order valence-electron chi connectivity index (χ4n) is 5.28. The molecule has 0 bridgehead atoms. The van der Waals surface area contributed by atoms with Crippen molar-refractivity contribution in [3.63, 3.8) is 0 Å². The summed E-state index contributed by atoms with van der Waals surface area (Å²) in [4.78, 5) is 3.84. The summed E-state index contributed by atoms with van der Waals surface area (Å²) < 4.78 is 7.21. The van der Waals surface area contributed by atoms with E-state index in [2.05, 4.69) is 59.5 Å². The number of piperidine rings is 1. The number of thiophene rings is 1. The summed E-state index contributed by atoms with van der Waals surface area (Å²) in [5, 5.41) is 11.2. The van der Waals surface area contributed by atoms with Gasteiger partial charge in [0.2, 0.25) is 0 Å². The lowest BCUT2D eigenvalue weighted by atomic mass is 9.88. The van der Waals surface area contributed by atoms with Crippen LogP contribution in [0.5, 0.6) is 11.5 Å². The molecule has 2 aliphatic rings. The lowest BCUT2D eigenvalue weighted by Crippen LogP contribution is -2.33. The Hall–Kier alpha value is -2.82. The molecule has 0 radical (unpaired) electrons. The number of phenolic OH excluding ortho intramolecular Hbond substituents is 1. The first kappa shape index (κ1) is 19.8. The van der Waals surface area contributed by atoms with Gasteiger partial charge >= 0.3 is 0 Å². The minimum absolute atomic E-state index is 0.210. The fourth-order valence-corrected chi connectivity index (χ4v) is 6.60. The Morgan fingerprint density at radius 1 is 0.938 bits per heavy atom. The Bertz CT molecular complexity index is 1250. The van der Waals surface area contributed by atoms with Gasteiger partial charge in [-0.25, -0.2) is 0 Å². The van der Waals surface area contributed by atoms with Gasteiger partial charge in [0, 0.05) is 22.0 Å². The summed E-state index contributed by atoms with van der Waals surface area (Å²) in [5.41, 5.74) is 5.33. The van der Waals surface area contributed by atoms with Gasteiger partial charge in [0.15, 0.2) is 0 Å². The number of phenols is 1. The second-order valence-electron chi connectivity index (χ2n) is 8.87. The molecule has 4 aromatic rings. The number of nitrogens with zero attached hydrogens (tertiary/aromatic N) is 1. The van der Waals surface area contributed by atoms with Crippen LogP contribution in [0.3, 0.4) is 0 Å². The molecular formula is C28H27NO2S. The number of rotatable bonds is 5. The highest BCUT2D eigenvalue weighted by Crippen LogP contribution is 2.54. The minimum atomic E-state index is 0.210. The van der Waals surface area contributed by atoms with Crippen molar-refractivity contribution in [2.45, 2.75) is 25.2 Å². The van der Waals surface area contributed by atoms with Crippen LogP contribution in [0.25, 0.3) is 20.5 Å². The molecule has 4 heteroatoms. The van der Waals surface area contributed by atoms with Crippen molar-refractivity contribution in [2.75, 3.05) is 26.2 Å². The number of hydrogen-bond donors (Lipinski definition) is 1. The highest BCUT2D eigenvalue weighted by molar-refractivity contribution is 7.22. The molecule has 6 rings (SSSR count). The maximum atomic E-state index is 9.97. The molecule has 1 saturated heterocycles. The van der Waals surface area contributed by atoms with E-state index in [4.69, 9.17) is 4.74 Å². The summed E-state index contributed by atoms with van der Waals surface area (Å²) in [6.45, 7) is 4.17. The van der Waals surface area contributed by atoms with Crippen LogP contribution in [0.15, 0.2) is 66.7 Å². The van der Waals surface area contributed by atoms with Crippen LogP contribution < -0.4 is 4.74 Å². The van der Waals surface area contributed by atoms with Gasteiger partial charge in [0.1, 0.15) is 18.1 Å². The smallest absolute Gasteiger partial charge is 0.119 e. The first-order valence-electron chi connectivity index (χ1n) is 11.6. The van der Waals surface area contributed by atoms with Crippen LogP contribution in [0.4, 0.5) is 0 Å². The van der Waals surface area contributed by atoms with E-state index in [1.807, 2.05) is 6.07 Å². The zero-order valence-electron chi connectivity index (χ0n) is 18.1. The summed E-state index contributed by atoms with van der Waals surface area (Å²) >= 11 is 1.78. The molecule has 0 saturated carbocycles.